The van der Waals surface area contributed by atoms with E-state index < -0.39 is 5.97 Å². The van der Waals surface area contributed by atoms with E-state index in [1.54, 1.807) is 19.2 Å². The van der Waals surface area contributed by atoms with Gasteiger partial charge in [-0.3, -0.25) is 0 Å². The minimum atomic E-state index is -0.882. The molecular formula is C18H20N2O3. The topological polar surface area (TPSA) is 53.0 Å². The molecule has 0 radical (unpaired) electrons. The van der Waals surface area contributed by atoms with E-state index in [1.807, 2.05) is 30.3 Å². The van der Waals surface area contributed by atoms with Gasteiger partial charge in [0.15, 0.2) is 0 Å². The third-order valence-electron chi connectivity index (χ3n) is 4.18. The van der Waals surface area contributed by atoms with Gasteiger partial charge in [-0.25, -0.2) is 4.79 Å². The first-order valence-electron chi connectivity index (χ1n) is 7.66. The summed E-state index contributed by atoms with van der Waals surface area (Å²) in [6.45, 7) is 3.22. The first-order chi connectivity index (χ1) is 11.2. The fourth-order valence-corrected chi connectivity index (χ4v) is 3.01. The van der Waals surface area contributed by atoms with Gasteiger partial charge in [-0.1, -0.05) is 24.3 Å². The Morgan fingerprint density at radius 1 is 0.913 bits per heavy atom. The van der Waals surface area contributed by atoms with Crippen molar-refractivity contribution in [1.29, 1.82) is 0 Å². The third-order valence-corrected chi connectivity index (χ3v) is 4.18. The van der Waals surface area contributed by atoms with Gasteiger partial charge in [0.25, 0.3) is 0 Å². The Balaban J connectivity index is 1.75. The first-order valence-corrected chi connectivity index (χ1v) is 7.66. The summed E-state index contributed by atoms with van der Waals surface area (Å²) >= 11 is 0. The number of ether oxygens (including phenoxy) is 1. The van der Waals surface area contributed by atoms with Crippen molar-refractivity contribution >= 4 is 17.3 Å². The second-order valence-electron chi connectivity index (χ2n) is 5.47. The third kappa shape index (κ3) is 3.08. The van der Waals surface area contributed by atoms with Gasteiger partial charge < -0.3 is 19.6 Å². The molecule has 2 aromatic carbocycles. The van der Waals surface area contributed by atoms with Gasteiger partial charge in [0.1, 0.15) is 5.75 Å². The van der Waals surface area contributed by atoms with Crippen molar-refractivity contribution < 1.29 is 14.6 Å². The van der Waals surface area contributed by atoms with Crippen molar-refractivity contribution in [2.75, 3.05) is 43.1 Å². The van der Waals surface area contributed by atoms with Crippen LogP contribution >= 0.6 is 0 Å². The number of piperazine rings is 1. The maximum Gasteiger partial charge on any atom is 0.337 e. The molecule has 0 atom stereocenters. The van der Waals surface area contributed by atoms with Crippen molar-refractivity contribution in [2.45, 2.75) is 0 Å². The normalized spacial score (nSPS) is 14.7. The number of hydrogen-bond donors (Lipinski definition) is 1. The summed E-state index contributed by atoms with van der Waals surface area (Å²) in [6.07, 6.45) is 0. The predicted molar refractivity (Wildman–Crippen MR) is 90.8 cm³/mol. The molecule has 5 nitrogen and oxygen atoms in total. The number of carboxylic acids is 1. The number of nitrogens with zero attached hydrogens (tertiary/aromatic N) is 2. The number of carbonyl (C=O) groups is 1. The SMILES string of the molecule is COc1ccccc1N1CCN(c2ccccc2C(=O)O)CC1. The lowest BCUT2D eigenvalue weighted by Gasteiger charge is -2.38. The van der Waals surface area contributed by atoms with Crippen LogP contribution in [0.3, 0.4) is 0 Å². The maximum atomic E-state index is 11.4. The highest BCUT2D eigenvalue weighted by molar-refractivity contribution is 5.94. The molecule has 1 saturated heterocycles. The van der Waals surface area contributed by atoms with Crippen LogP contribution in [0.2, 0.25) is 0 Å². The molecule has 1 aliphatic rings. The Labute approximate surface area is 135 Å². The van der Waals surface area contributed by atoms with E-state index in [0.717, 1.165) is 43.3 Å². The van der Waals surface area contributed by atoms with Crippen LogP contribution in [0.1, 0.15) is 10.4 Å². The first kappa shape index (κ1) is 15.2. The van der Waals surface area contributed by atoms with Gasteiger partial charge >= 0.3 is 5.97 Å². The lowest BCUT2D eigenvalue weighted by molar-refractivity contribution is 0.0697. The summed E-state index contributed by atoms with van der Waals surface area (Å²) in [5, 5.41) is 9.34. The second kappa shape index (κ2) is 6.60. The van der Waals surface area contributed by atoms with Crippen LogP contribution in [0.4, 0.5) is 11.4 Å². The molecule has 2 aromatic rings. The summed E-state index contributed by atoms with van der Waals surface area (Å²) in [4.78, 5) is 15.8. The minimum Gasteiger partial charge on any atom is -0.495 e. The van der Waals surface area contributed by atoms with Crippen molar-refractivity contribution in [3.63, 3.8) is 0 Å². The molecule has 0 spiro atoms. The van der Waals surface area contributed by atoms with Crippen LogP contribution in [0.5, 0.6) is 5.75 Å². The average Bonchev–Trinajstić information content (AvgIpc) is 2.62. The van der Waals surface area contributed by atoms with Crippen molar-refractivity contribution in [3.05, 3.63) is 54.1 Å². The summed E-state index contributed by atoms with van der Waals surface area (Å²) in [5.74, 6) is -0.0142. The highest BCUT2D eigenvalue weighted by atomic mass is 16.5. The number of benzene rings is 2. The van der Waals surface area contributed by atoms with E-state index >= 15 is 0 Å². The quantitative estimate of drug-likeness (QED) is 0.941. The molecule has 0 bridgehead atoms. The van der Waals surface area contributed by atoms with Crippen LogP contribution in [0, 0.1) is 0 Å². The molecule has 1 N–H and O–H groups in total. The Morgan fingerprint density at radius 2 is 1.43 bits per heavy atom. The van der Waals surface area contributed by atoms with Crippen molar-refractivity contribution in [1.82, 2.24) is 0 Å². The number of methoxy groups -OCH3 is 1. The van der Waals surface area contributed by atoms with Crippen LogP contribution in [0.15, 0.2) is 48.5 Å². The molecule has 0 aliphatic carbocycles. The van der Waals surface area contributed by atoms with E-state index in [9.17, 15) is 9.90 Å². The van der Waals surface area contributed by atoms with Crippen LogP contribution < -0.4 is 14.5 Å². The molecule has 0 amide bonds. The fraction of sp³-hybridized carbons (Fsp3) is 0.278. The maximum absolute atomic E-state index is 11.4. The minimum absolute atomic E-state index is 0.359. The molecule has 0 aromatic heterocycles. The zero-order valence-electron chi connectivity index (χ0n) is 13.1. The molecule has 1 fully saturated rings. The highest BCUT2D eigenvalue weighted by Gasteiger charge is 2.22. The van der Waals surface area contributed by atoms with Crippen LogP contribution in [-0.4, -0.2) is 44.4 Å². The standard InChI is InChI=1S/C18H20N2O3/c1-23-17-9-5-4-8-16(17)20-12-10-19(11-13-20)15-7-3-2-6-14(15)18(21)22/h2-9H,10-13H2,1H3,(H,21,22). The molecule has 23 heavy (non-hydrogen) atoms. The summed E-state index contributed by atoms with van der Waals surface area (Å²) in [7, 11) is 1.68. The van der Waals surface area contributed by atoms with Crippen molar-refractivity contribution in [3.8, 4) is 5.75 Å². The zero-order chi connectivity index (χ0) is 16.2. The fourth-order valence-electron chi connectivity index (χ4n) is 3.01. The summed E-state index contributed by atoms with van der Waals surface area (Å²) in [5.41, 5.74) is 2.24. The van der Waals surface area contributed by atoms with E-state index in [4.69, 9.17) is 4.74 Å². The lowest BCUT2D eigenvalue weighted by Crippen LogP contribution is -2.47. The smallest absolute Gasteiger partial charge is 0.337 e. The number of rotatable bonds is 4. The Kier molecular flexibility index (Phi) is 4.37. The molecule has 0 unspecified atom stereocenters. The summed E-state index contributed by atoms with van der Waals surface area (Å²) < 4.78 is 5.43. The Hall–Kier alpha value is -2.69. The van der Waals surface area contributed by atoms with Gasteiger partial charge in [-0.15, -0.1) is 0 Å². The number of carboxylic acid groups (broad SMARTS) is 1. The molecule has 0 saturated carbocycles. The molecular weight excluding hydrogens is 292 g/mol. The Bertz CT molecular complexity index is 694. The van der Waals surface area contributed by atoms with Gasteiger partial charge in [0.2, 0.25) is 0 Å². The number of hydrogen-bond acceptors (Lipinski definition) is 4. The number of para-hydroxylation sites is 3. The zero-order valence-corrected chi connectivity index (χ0v) is 13.1. The van der Waals surface area contributed by atoms with Gasteiger partial charge in [-0.2, -0.15) is 0 Å². The van der Waals surface area contributed by atoms with Gasteiger partial charge in [0, 0.05) is 26.2 Å². The highest BCUT2D eigenvalue weighted by Crippen LogP contribution is 2.29. The molecule has 1 heterocycles. The van der Waals surface area contributed by atoms with E-state index in [1.165, 1.54) is 0 Å². The number of anilines is 2. The van der Waals surface area contributed by atoms with Gasteiger partial charge in [0.05, 0.1) is 24.0 Å². The Morgan fingerprint density at radius 3 is 2.04 bits per heavy atom. The monoisotopic (exact) mass is 312 g/mol. The van der Waals surface area contributed by atoms with E-state index in [0.29, 0.717) is 5.56 Å². The van der Waals surface area contributed by atoms with E-state index in [2.05, 4.69) is 15.9 Å². The molecule has 120 valence electrons. The van der Waals surface area contributed by atoms with Gasteiger partial charge in [-0.05, 0) is 24.3 Å². The van der Waals surface area contributed by atoms with E-state index in [-0.39, 0.29) is 0 Å². The molecule has 1 aliphatic heterocycles. The largest absolute Gasteiger partial charge is 0.495 e. The van der Waals surface area contributed by atoms with Crippen LogP contribution in [0.25, 0.3) is 0 Å². The predicted octanol–water partition coefficient (Wildman–Crippen LogP) is 2.72. The number of aromatic carboxylic acids is 1. The summed E-state index contributed by atoms with van der Waals surface area (Å²) in [6, 6.07) is 15.2. The van der Waals surface area contributed by atoms with Crippen molar-refractivity contribution in [2.24, 2.45) is 0 Å². The lowest BCUT2D eigenvalue weighted by atomic mass is 10.1. The molecule has 5 heteroatoms. The van der Waals surface area contributed by atoms with Crippen LogP contribution in [-0.2, 0) is 0 Å². The molecule has 3 rings (SSSR count). The average molecular weight is 312 g/mol. The second-order valence-corrected chi connectivity index (χ2v) is 5.47.